The SMILES string of the molecule is C#CC[C@H](NC(=O)c1cc2c(OC)cccc2[nH]1)C(=O)N[C@@H](C[C@@H]1CCCC1=O)C(=O)OC.C#CC[C@H](NC(=O)c1cc2c(OC)cccc2[nH]1)C(=O)N[C@@H](C[C@@H]1CCCC1=O)C(N)=O.C#CC[C@H](NC(=O)c1cc2c(OC)cccc2[nH]1)C(=O)N[C@H](C#N)C[C@@H]1CCCC1=O. The summed E-state index contributed by atoms with van der Waals surface area (Å²) in [5.74, 6) is 3.53. The third-order valence-electron chi connectivity index (χ3n) is 16.9. The topological polar surface area (TPSA) is 394 Å². The Labute approximate surface area is 553 Å². The molecule has 7 amide bonds. The van der Waals surface area contributed by atoms with Crippen LogP contribution in [0.25, 0.3) is 32.7 Å². The highest BCUT2D eigenvalue weighted by molar-refractivity contribution is 6.04. The average molecular weight is 1310 g/mol. The van der Waals surface area contributed by atoms with Crippen LogP contribution < -0.4 is 51.8 Å². The summed E-state index contributed by atoms with van der Waals surface area (Å²) in [6.45, 7) is 0. The quantitative estimate of drug-likeness (QED) is 0.0257. The molecule has 502 valence electrons. The number of hydrogen-bond acceptors (Lipinski definition) is 16. The van der Waals surface area contributed by atoms with Gasteiger partial charge in [-0.05, 0) is 112 Å². The number of Topliss-reactive ketones (excluding diaryl/α,β-unsaturated/α-hetero) is 3. The summed E-state index contributed by atoms with van der Waals surface area (Å²) in [5.41, 5.74) is 8.25. The Morgan fingerprint density at radius 3 is 1.14 bits per heavy atom. The van der Waals surface area contributed by atoms with Crippen molar-refractivity contribution in [2.75, 3.05) is 28.4 Å². The Bertz CT molecular complexity index is 4080. The molecule has 0 radical (unpaired) electrons. The number of ether oxygens (including phenoxy) is 4. The lowest BCUT2D eigenvalue weighted by atomic mass is 9.96. The molecule has 26 heteroatoms. The summed E-state index contributed by atoms with van der Waals surface area (Å²) >= 11 is 0. The smallest absolute Gasteiger partial charge is 0.328 e. The number of primary amides is 1. The second kappa shape index (κ2) is 34.5. The van der Waals surface area contributed by atoms with E-state index in [4.69, 9.17) is 44.0 Å². The van der Waals surface area contributed by atoms with E-state index in [1.54, 1.807) is 73.8 Å². The van der Waals surface area contributed by atoms with Gasteiger partial charge in [-0.3, -0.25) is 47.9 Å². The van der Waals surface area contributed by atoms with Gasteiger partial charge in [0.2, 0.25) is 23.6 Å². The van der Waals surface area contributed by atoms with E-state index in [1.165, 1.54) is 21.3 Å². The average Bonchev–Trinajstić information content (AvgIpc) is 1.68. The summed E-state index contributed by atoms with van der Waals surface area (Å²) in [5, 5.41) is 27.1. The van der Waals surface area contributed by atoms with E-state index in [2.05, 4.69) is 64.6 Å². The molecule has 0 bridgehead atoms. The number of H-pyrrole nitrogens is 3. The van der Waals surface area contributed by atoms with Crippen LogP contribution in [0, 0.1) is 66.1 Å². The normalized spacial score (nSPS) is 17.3. The van der Waals surface area contributed by atoms with Crippen LogP contribution in [0.1, 0.15) is 128 Å². The largest absolute Gasteiger partial charge is 0.496 e. The Kier molecular flexibility index (Phi) is 25.9. The van der Waals surface area contributed by atoms with Gasteiger partial charge in [0, 0.05) is 89.0 Å². The molecule has 0 saturated heterocycles. The van der Waals surface area contributed by atoms with Gasteiger partial charge in [0.1, 0.15) is 87.9 Å². The van der Waals surface area contributed by atoms with Gasteiger partial charge < -0.3 is 71.5 Å². The number of carbonyl (C=O) groups excluding carboxylic acids is 11. The molecule has 3 aliphatic rings. The van der Waals surface area contributed by atoms with E-state index in [0.29, 0.717) is 71.3 Å². The minimum atomic E-state index is -1.08. The Morgan fingerprint density at radius 2 is 0.833 bits per heavy atom. The molecule has 9 rings (SSSR count). The number of benzene rings is 3. The fourth-order valence-electron chi connectivity index (χ4n) is 11.8. The molecule has 3 saturated carbocycles. The zero-order chi connectivity index (χ0) is 69.6. The van der Waals surface area contributed by atoms with Crippen molar-refractivity contribution in [2.24, 2.45) is 23.5 Å². The maximum atomic E-state index is 12.9. The Morgan fingerprint density at radius 1 is 0.500 bits per heavy atom. The number of ketones is 3. The number of amides is 7. The number of nitrogens with two attached hydrogens (primary N) is 1. The predicted octanol–water partition coefficient (Wildman–Crippen LogP) is 4.81. The zero-order valence-corrected chi connectivity index (χ0v) is 53.6. The molecule has 9 atom stereocenters. The van der Waals surface area contributed by atoms with Crippen molar-refractivity contribution < 1.29 is 71.7 Å². The minimum Gasteiger partial charge on any atom is -0.496 e. The summed E-state index contributed by atoms with van der Waals surface area (Å²) in [6.07, 6.45) is 22.3. The van der Waals surface area contributed by atoms with Crippen molar-refractivity contribution in [3.8, 4) is 60.3 Å². The maximum Gasteiger partial charge on any atom is 0.328 e. The molecule has 3 aromatic heterocycles. The molecular weight excluding hydrogens is 1230 g/mol. The monoisotopic (exact) mass is 1310 g/mol. The van der Waals surface area contributed by atoms with E-state index in [9.17, 15) is 58.0 Å². The van der Waals surface area contributed by atoms with Gasteiger partial charge in [-0.1, -0.05) is 18.2 Å². The predicted molar refractivity (Wildman–Crippen MR) is 352 cm³/mol. The maximum absolute atomic E-state index is 12.9. The molecule has 3 heterocycles. The van der Waals surface area contributed by atoms with Crippen LogP contribution >= 0.6 is 0 Å². The first kappa shape index (κ1) is 72.1. The van der Waals surface area contributed by atoms with Crippen molar-refractivity contribution in [2.45, 2.75) is 133 Å². The summed E-state index contributed by atoms with van der Waals surface area (Å²) in [4.78, 5) is 146. The number of nitriles is 1. The Hall–Kier alpha value is -11.4. The molecule has 0 aliphatic heterocycles. The van der Waals surface area contributed by atoms with Gasteiger partial charge in [0.25, 0.3) is 17.7 Å². The van der Waals surface area contributed by atoms with Gasteiger partial charge in [0.15, 0.2) is 0 Å². The van der Waals surface area contributed by atoms with Crippen molar-refractivity contribution in [1.29, 1.82) is 5.26 Å². The third kappa shape index (κ3) is 18.7. The second-order valence-corrected chi connectivity index (χ2v) is 23.2. The molecule has 0 spiro atoms. The number of aromatic amines is 3. The number of methoxy groups -OCH3 is 4. The highest BCUT2D eigenvalue weighted by atomic mass is 16.5. The second-order valence-electron chi connectivity index (χ2n) is 23.2. The number of rotatable bonds is 26. The van der Waals surface area contributed by atoms with E-state index < -0.39 is 83.6 Å². The third-order valence-corrected chi connectivity index (χ3v) is 16.9. The Balaban J connectivity index is 0.000000203. The minimum absolute atomic E-state index is 0.0400. The van der Waals surface area contributed by atoms with Crippen LogP contribution in [-0.2, 0) is 43.1 Å². The van der Waals surface area contributed by atoms with Crippen molar-refractivity contribution in [1.82, 2.24) is 46.9 Å². The highest BCUT2D eigenvalue weighted by Gasteiger charge is 2.36. The van der Waals surface area contributed by atoms with Crippen molar-refractivity contribution in [3.63, 3.8) is 0 Å². The van der Waals surface area contributed by atoms with Crippen LogP contribution in [0.15, 0.2) is 72.8 Å². The number of fused-ring (bicyclic) bond motifs is 3. The highest BCUT2D eigenvalue weighted by Crippen LogP contribution is 2.31. The van der Waals surface area contributed by atoms with Gasteiger partial charge in [-0.15, -0.1) is 37.0 Å². The van der Waals surface area contributed by atoms with Crippen LogP contribution in [0.2, 0.25) is 0 Å². The van der Waals surface area contributed by atoms with Crippen LogP contribution in [0.3, 0.4) is 0 Å². The van der Waals surface area contributed by atoms with Gasteiger partial charge in [-0.2, -0.15) is 5.26 Å². The van der Waals surface area contributed by atoms with E-state index in [-0.39, 0.29) is 90.7 Å². The molecule has 6 aromatic rings. The first-order valence-corrected chi connectivity index (χ1v) is 31.1. The number of esters is 1. The number of aromatic nitrogens is 3. The zero-order valence-electron chi connectivity index (χ0n) is 53.6. The lowest BCUT2D eigenvalue weighted by Crippen LogP contribution is -2.53. The molecule has 3 aliphatic carbocycles. The van der Waals surface area contributed by atoms with Gasteiger partial charge >= 0.3 is 5.97 Å². The molecule has 3 fully saturated rings. The van der Waals surface area contributed by atoms with E-state index in [1.807, 2.05) is 12.1 Å². The lowest BCUT2D eigenvalue weighted by Gasteiger charge is -2.22. The van der Waals surface area contributed by atoms with Crippen LogP contribution in [-0.4, -0.2) is 144 Å². The van der Waals surface area contributed by atoms with Crippen molar-refractivity contribution >= 4 is 97.4 Å². The molecule has 26 nitrogen and oxygen atoms in total. The van der Waals surface area contributed by atoms with Crippen LogP contribution in [0.4, 0.5) is 0 Å². The molecular formula is C70H77N11O15. The first-order chi connectivity index (χ1) is 46.2. The number of hydrogen-bond donors (Lipinski definition) is 10. The summed E-state index contributed by atoms with van der Waals surface area (Å²) in [7, 11) is 5.82. The van der Waals surface area contributed by atoms with Gasteiger partial charge in [-0.25, -0.2) is 4.79 Å². The van der Waals surface area contributed by atoms with E-state index >= 15 is 0 Å². The summed E-state index contributed by atoms with van der Waals surface area (Å²) in [6, 6.07) is 17.0. The number of nitrogens with zero attached hydrogens (tertiary/aromatic N) is 1. The number of terminal acetylenes is 3. The standard InChI is InChI=1S/C24H27N3O6.C23H26N4O5.C23H24N4O4/c1-4-7-17(22(29)27-19(24(31)33-3)12-14-8-5-10-20(14)28)26-23(30)18-13-15-16(25-18)9-6-11-21(15)32-2;1-3-6-16(22(30)27-17(21(24)29)11-13-7-4-9-19(13)28)26-23(31)18-12-14-15(25-18)8-5-10-20(14)32-2;1-3-6-18(22(29)25-15(13-24)11-14-7-4-9-20(14)28)27-23(30)19-12-16-17(26-19)8-5-10-21(16)31-2/h1,6,9,11,13-14,17,19,25H,5,7-8,10,12H2,2-3H3,(H,26,30)(H,27,29);1,5,8,10,12-13,16-17,25H,4,6-7,9,11H2,2H3,(H2,24,29)(H,26,31)(H,27,30);1,5,8,10,12,14-15,18,26H,4,6-7,9,11H2,2H3,(H,25,29)(H,27,30)/t14-,17-,19-;13-,16-,17-;14-,15-,18-/m000/s1. The van der Waals surface area contributed by atoms with E-state index in [0.717, 1.165) is 36.5 Å². The molecule has 3 aromatic carbocycles. The molecule has 11 N–H and O–H groups in total. The van der Waals surface area contributed by atoms with Crippen molar-refractivity contribution in [3.05, 3.63) is 89.9 Å². The first-order valence-electron chi connectivity index (χ1n) is 31.1. The van der Waals surface area contributed by atoms with Gasteiger partial charge in [0.05, 0.1) is 34.5 Å². The molecule has 0 unspecified atom stereocenters. The number of carbonyl (C=O) groups is 11. The molecule has 96 heavy (non-hydrogen) atoms. The fraction of sp³-hybridized carbons (Fsp3) is 0.400. The van der Waals surface area contributed by atoms with Crippen LogP contribution in [0.5, 0.6) is 17.2 Å². The summed E-state index contributed by atoms with van der Waals surface area (Å²) < 4.78 is 20.7. The number of nitrogens with one attached hydrogen (secondary N) is 9. The lowest BCUT2D eigenvalue weighted by molar-refractivity contribution is -0.146. The fourth-order valence-corrected chi connectivity index (χ4v) is 11.8.